The van der Waals surface area contributed by atoms with Crippen LogP contribution in [0.4, 0.5) is 0 Å². The molecule has 0 heterocycles. The lowest BCUT2D eigenvalue weighted by Gasteiger charge is -2.25. The molecule has 0 saturated carbocycles. The number of unbranched alkanes of at least 4 members (excludes halogenated alkanes) is 1. The van der Waals surface area contributed by atoms with Crippen molar-refractivity contribution in [3.8, 4) is 0 Å². The summed E-state index contributed by atoms with van der Waals surface area (Å²) in [5.74, 6) is 1.55. The van der Waals surface area contributed by atoms with Crippen molar-refractivity contribution in [3.05, 3.63) is 0 Å². The van der Waals surface area contributed by atoms with Crippen LogP contribution in [-0.2, 0) is 0 Å². The third-order valence-corrected chi connectivity index (χ3v) is 3.92. The maximum atomic E-state index is 9.90. The Balaban J connectivity index is 3.95. The summed E-state index contributed by atoms with van der Waals surface area (Å²) >= 11 is 0. The maximum Gasteiger partial charge on any atom is 0.0741 e. The first kappa shape index (κ1) is 19.9. The average Bonchev–Trinajstić information content (AvgIpc) is 2.36. The molecule has 0 bridgehead atoms. The van der Waals surface area contributed by atoms with Crippen molar-refractivity contribution in [1.29, 1.82) is 0 Å². The van der Waals surface area contributed by atoms with Crippen LogP contribution in [0.2, 0.25) is 0 Å². The van der Waals surface area contributed by atoms with Gasteiger partial charge in [0, 0.05) is 6.54 Å². The number of nitrogens with two attached hydrogens (primary N) is 1. The highest BCUT2D eigenvalue weighted by Gasteiger charge is 2.17. The Morgan fingerprint density at radius 1 is 0.950 bits per heavy atom. The van der Waals surface area contributed by atoms with E-state index < -0.39 is 5.60 Å². The SMILES string of the molecule is CC(C)CCN(CCCCC(C)(O)CN)CCC(C)C. The first-order valence-corrected chi connectivity index (χ1v) is 8.41. The predicted molar refractivity (Wildman–Crippen MR) is 88.9 cm³/mol. The number of hydrogen-bond donors (Lipinski definition) is 2. The van der Waals surface area contributed by atoms with E-state index in [1.807, 2.05) is 6.92 Å². The van der Waals surface area contributed by atoms with Gasteiger partial charge in [0.2, 0.25) is 0 Å². The van der Waals surface area contributed by atoms with Crippen molar-refractivity contribution in [2.75, 3.05) is 26.2 Å². The molecule has 0 fully saturated rings. The molecule has 0 amide bonds. The molecule has 1 atom stereocenters. The van der Waals surface area contributed by atoms with Gasteiger partial charge in [-0.25, -0.2) is 0 Å². The van der Waals surface area contributed by atoms with Crippen molar-refractivity contribution in [2.45, 2.75) is 72.3 Å². The lowest BCUT2D eigenvalue weighted by atomic mass is 9.99. The van der Waals surface area contributed by atoms with Gasteiger partial charge in [-0.2, -0.15) is 0 Å². The van der Waals surface area contributed by atoms with Crippen molar-refractivity contribution in [1.82, 2.24) is 4.90 Å². The zero-order valence-electron chi connectivity index (χ0n) is 14.5. The molecule has 0 aromatic rings. The average molecular weight is 287 g/mol. The topological polar surface area (TPSA) is 49.5 Å². The van der Waals surface area contributed by atoms with Gasteiger partial charge in [0.25, 0.3) is 0 Å². The highest BCUT2D eigenvalue weighted by molar-refractivity contribution is 4.73. The Morgan fingerprint density at radius 3 is 1.85 bits per heavy atom. The van der Waals surface area contributed by atoms with Crippen LogP contribution in [0.5, 0.6) is 0 Å². The molecule has 3 nitrogen and oxygen atoms in total. The van der Waals surface area contributed by atoms with Crippen molar-refractivity contribution in [2.24, 2.45) is 17.6 Å². The van der Waals surface area contributed by atoms with Crippen LogP contribution in [0.15, 0.2) is 0 Å². The second kappa shape index (κ2) is 10.6. The first-order chi connectivity index (χ1) is 9.26. The fourth-order valence-corrected chi connectivity index (χ4v) is 2.16. The van der Waals surface area contributed by atoms with Crippen molar-refractivity contribution in [3.63, 3.8) is 0 Å². The molecular weight excluding hydrogens is 248 g/mol. The minimum absolute atomic E-state index is 0.359. The number of hydrogen-bond acceptors (Lipinski definition) is 3. The van der Waals surface area contributed by atoms with Gasteiger partial charge in [-0.15, -0.1) is 0 Å². The molecule has 0 radical (unpaired) electrons. The van der Waals surface area contributed by atoms with Crippen LogP contribution in [0.1, 0.15) is 66.7 Å². The molecule has 0 aliphatic carbocycles. The largest absolute Gasteiger partial charge is 0.389 e. The van der Waals surface area contributed by atoms with Crippen LogP contribution in [0, 0.1) is 11.8 Å². The molecule has 0 rings (SSSR count). The summed E-state index contributed by atoms with van der Waals surface area (Å²) in [5.41, 5.74) is 4.87. The van der Waals surface area contributed by atoms with Crippen LogP contribution in [0.25, 0.3) is 0 Å². The molecule has 0 aromatic heterocycles. The van der Waals surface area contributed by atoms with E-state index in [1.54, 1.807) is 0 Å². The van der Waals surface area contributed by atoms with Crippen LogP contribution in [-0.4, -0.2) is 41.8 Å². The standard InChI is InChI=1S/C17H38N2O/c1-15(2)8-12-19(13-9-16(3)4)11-7-6-10-17(5,20)14-18/h15-16,20H,6-14,18H2,1-5H3. The third-order valence-electron chi connectivity index (χ3n) is 3.92. The molecule has 0 spiro atoms. The second-order valence-electron chi connectivity index (χ2n) is 7.36. The molecule has 0 aromatic carbocycles. The second-order valence-corrected chi connectivity index (χ2v) is 7.36. The zero-order valence-corrected chi connectivity index (χ0v) is 14.5. The van der Waals surface area contributed by atoms with E-state index in [1.165, 1.54) is 25.9 Å². The van der Waals surface area contributed by atoms with Gasteiger partial charge >= 0.3 is 0 Å². The van der Waals surface area contributed by atoms with Crippen LogP contribution in [0.3, 0.4) is 0 Å². The summed E-state index contributed by atoms with van der Waals surface area (Å²) in [5, 5.41) is 9.90. The predicted octanol–water partition coefficient (Wildman–Crippen LogP) is 3.26. The van der Waals surface area contributed by atoms with Crippen molar-refractivity contribution >= 4 is 0 Å². The van der Waals surface area contributed by atoms with Gasteiger partial charge in [0.05, 0.1) is 5.60 Å². The summed E-state index contributed by atoms with van der Waals surface area (Å²) in [6.07, 6.45) is 5.58. The van der Waals surface area contributed by atoms with Gasteiger partial charge < -0.3 is 15.7 Å². The molecule has 3 N–H and O–H groups in total. The van der Waals surface area contributed by atoms with E-state index in [-0.39, 0.29) is 0 Å². The molecule has 0 aliphatic heterocycles. The maximum absolute atomic E-state index is 9.90. The lowest BCUT2D eigenvalue weighted by molar-refractivity contribution is 0.0563. The normalized spacial score (nSPS) is 15.3. The summed E-state index contributed by atoms with van der Waals surface area (Å²) < 4.78 is 0. The van der Waals surface area contributed by atoms with Crippen LogP contribution < -0.4 is 5.73 Å². The van der Waals surface area contributed by atoms with E-state index in [0.29, 0.717) is 6.54 Å². The Bertz CT molecular complexity index is 215. The fourth-order valence-electron chi connectivity index (χ4n) is 2.16. The van der Waals surface area contributed by atoms with E-state index in [9.17, 15) is 5.11 Å². The minimum Gasteiger partial charge on any atom is -0.389 e. The Kier molecular flexibility index (Phi) is 10.5. The van der Waals surface area contributed by atoms with E-state index in [4.69, 9.17) is 5.73 Å². The molecule has 0 aliphatic rings. The third kappa shape index (κ3) is 11.7. The molecule has 3 heteroatoms. The molecular formula is C17H38N2O. The first-order valence-electron chi connectivity index (χ1n) is 8.41. The Hall–Kier alpha value is -0.120. The highest BCUT2D eigenvalue weighted by Crippen LogP contribution is 2.13. The number of aliphatic hydroxyl groups is 1. The smallest absolute Gasteiger partial charge is 0.0741 e. The van der Waals surface area contributed by atoms with Gasteiger partial charge in [0.1, 0.15) is 0 Å². The quantitative estimate of drug-likeness (QED) is 0.541. The Labute approximate surface area is 126 Å². The molecule has 0 saturated heterocycles. The summed E-state index contributed by atoms with van der Waals surface area (Å²) in [4.78, 5) is 2.59. The molecule has 20 heavy (non-hydrogen) atoms. The van der Waals surface area contributed by atoms with E-state index >= 15 is 0 Å². The highest BCUT2D eigenvalue weighted by atomic mass is 16.3. The van der Waals surface area contributed by atoms with Gasteiger partial charge in [0.15, 0.2) is 0 Å². The van der Waals surface area contributed by atoms with Crippen molar-refractivity contribution < 1.29 is 5.11 Å². The van der Waals surface area contributed by atoms with Gasteiger partial charge in [-0.3, -0.25) is 0 Å². The minimum atomic E-state index is -0.680. The summed E-state index contributed by atoms with van der Waals surface area (Å²) in [6, 6.07) is 0. The lowest BCUT2D eigenvalue weighted by Crippen LogP contribution is -2.34. The monoisotopic (exact) mass is 286 g/mol. The number of nitrogens with zero attached hydrogens (tertiary/aromatic N) is 1. The van der Waals surface area contributed by atoms with Gasteiger partial charge in [-0.1, -0.05) is 27.7 Å². The summed E-state index contributed by atoms with van der Waals surface area (Å²) in [7, 11) is 0. The van der Waals surface area contributed by atoms with Gasteiger partial charge in [-0.05, 0) is 70.5 Å². The summed E-state index contributed by atoms with van der Waals surface area (Å²) in [6.45, 7) is 14.9. The fraction of sp³-hybridized carbons (Fsp3) is 1.00. The zero-order chi connectivity index (χ0) is 15.6. The molecule has 1 unspecified atom stereocenters. The van der Waals surface area contributed by atoms with Crippen LogP contribution >= 0.6 is 0 Å². The van der Waals surface area contributed by atoms with E-state index in [2.05, 4.69) is 32.6 Å². The Morgan fingerprint density at radius 2 is 1.45 bits per heavy atom. The van der Waals surface area contributed by atoms with E-state index in [0.717, 1.165) is 37.6 Å². The molecule has 122 valence electrons. The number of rotatable bonds is 12.